The van der Waals surface area contributed by atoms with Gasteiger partial charge < -0.3 is 14.5 Å². The highest BCUT2D eigenvalue weighted by molar-refractivity contribution is 5.79. The third-order valence-corrected chi connectivity index (χ3v) is 5.44. The molecule has 2 amide bonds. The average Bonchev–Trinajstić information content (AvgIpc) is 2.84. The van der Waals surface area contributed by atoms with E-state index < -0.39 is 0 Å². The number of nitrogens with zero attached hydrogens (tertiary/aromatic N) is 3. The van der Waals surface area contributed by atoms with Gasteiger partial charge in [0.05, 0.1) is 6.54 Å². The summed E-state index contributed by atoms with van der Waals surface area (Å²) in [6, 6.07) is 8.14. The predicted molar refractivity (Wildman–Crippen MR) is 104 cm³/mol. The molecule has 2 aliphatic heterocycles. The van der Waals surface area contributed by atoms with E-state index >= 15 is 0 Å². The first-order chi connectivity index (χ1) is 13.1. The lowest BCUT2D eigenvalue weighted by atomic mass is 10.1. The smallest absolute Gasteiger partial charge is 0.236 e. The van der Waals surface area contributed by atoms with Crippen molar-refractivity contribution in [3.8, 4) is 5.75 Å². The molecule has 0 radical (unpaired) electrons. The Morgan fingerprint density at radius 1 is 1.11 bits per heavy atom. The molecule has 6 nitrogen and oxygen atoms in total. The largest absolute Gasteiger partial charge is 0.489 e. The molecular formula is C21H31N3O3. The minimum Gasteiger partial charge on any atom is -0.489 e. The van der Waals surface area contributed by atoms with Crippen LogP contribution < -0.4 is 4.74 Å². The Kier molecular flexibility index (Phi) is 6.72. The van der Waals surface area contributed by atoms with Crippen LogP contribution in [0.15, 0.2) is 24.3 Å². The topological polar surface area (TPSA) is 53.1 Å². The van der Waals surface area contributed by atoms with Crippen molar-refractivity contribution in [1.29, 1.82) is 0 Å². The second-order valence-electron chi connectivity index (χ2n) is 7.55. The van der Waals surface area contributed by atoms with Gasteiger partial charge in [-0.15, -0.1) is 0 Å². The molecule has 6 heteroatoms. The van der Waals surface area contributed by atoms with Crippen LogP contribution in [0.4, 0.5) is 0 Å². The summed E-state index contributed by atoms with van der Waals surface area (Å²) in [6.07, 6.45) is 3.39. The van der Waals surface area contributed by atoms with Gasteiger partial charge in [-0.3, -0.25) is 14.5 Å². The number of amides is 2. The Bertz CT molecular complexity index is 656. The van der Waals surface area contributed by atoms with E-state index in [0.717, 1.165) is 43.7 Å². The molecule has 27 heavy (non-hydrogen) atoms. The van der Waals surface area contributed by atoms with Crippen molar-refractivity contribution in [2.24, 2.45) is 0 Å². The summed E-state index contributed by atoms with van der Waals surface area (Å²) < 4.78 is 6.25. The van der Waals surface area contributed by atoms with Crippen LogP contribution in [-0.4, -0.2) is 71.9 Å². The molecule has 0 aliphatic carbocycles. The number of ether oxygens (including phenoxy) is 1. The molecule has 1 fully saturated rings. The van der Waals surface area contributed by atoms with Crippen molar-refractivity contribution >= 4 is 11.8 Å². The Morgan fingerprint density at radius 3 is 2.52 bits per heavy atom. The fourth-order valence-corrected chi connectivity index (χ4v) is 3.82. The number of carbonyl (C=O) groups is 2. The molecule has 1 atom stereocenters. The van der Waals surface area contributed by atoms with Crippen LogP contribution >= 0.6 is 0 Å². The van der Waals surface area contributed by atoms with E-state index in [0.29, 0.717) is 32.7 Å². The standard InChI is InChI=1S/C21H31N3O3/c1-3-4-8-19-15-22(14-18-7-5-6-9-20(18)27-19)16-21(26)24-12-10-23(11-13-24)17(2)25/h5-7,9,19H,3-4,8,10-16H2,1-2H3/t19-/m0/s1. The van der Waals surface area contributed by atoms with Crippen LogP contribution in [0, 0.1) is 0 Å². The quantitative estimate of drug-likeness (QED) is 0.793. The normalized spacial score (nSPS) is 20.6. The summed E-state index contributed by atoms with van der Waals surface area (Å²) in [6.45, 7) is 8.19. The van der Waals surface area contributed by atoms with Gasteiger partial charge in [0.1, 0.15) is 11.9 Å². The lowest BCUT2D eigenvalue weighted by Crippen LogP contribution is -2.52. The van der Waals surface area contributed by atoms with E-state index in [9.17, 15) is 9.59 Å². The zero-order valence-electron chi connectivity index (χ0n) is 16.5. The SMILES string of the molecule is CCCC[C@H]1CN(CC(=O)N2CCN(C(C)=O)CC2)Cc2ccccc2O1. The summed E-state index contributed by atoms with van der Waals surface area (Å²) in [5, 5.41) is 0. The highest BCUT2D eigenvalue weighted by Gasteiger charge is 2.27. The van der Waals surface area contributed by atoms with Crippen molar-refractivity contribution in [1.82, 2.24) is 14.7 Å². The summed E-state index contributed by atoms with van der Waals surface area (Å²) in [5.74, 6) is 1.18. The van der Waals surface area contributed by atoms with E-state index in [1.807, 2.05) is 23.1 Å². The fraction of sp³-hybridized carbons (Fsp3) is 0.619. The number of rotatable bonds is 5. The molecule has 0 N–H and O–H groups in total. The Balaban J connectivity index is 1.62. The van der Waals surface area contributed by atoms with Crippen molar-refractivity contribution in [2.75, 3.05) is 39.3 Å². The van der Waals surface area contributed by atoms with Crippen molar-refractivity contribution < 1.29 is 14.3 Å². The minimum atomic E-state index is 0.0853. The zero-order valence-corrected chi connectivity index (χ0v) is 16.5. The number of unbranched alkanes of at least 4 members (excludes halogenated alkanes) is 1. The van der Waals surface area contributed by atoms with Crippen LogP contribution in [0.3, 0.4) is 0 Å². The molecule has 0 aromatic heterocycles. The second-order valence-corrected chi connectivity index (χ2v) is 7.55. The fourth-order valence-electron chi connectivity index (χ4n) is 3.82. The van der Waals surface area contributed by atoms with Crippen LogP contribution in [0.1, 0.15) is 38.7 Å². The summed E-state index contributed by atoms with van der Waals surface area (Å²) in [4.78, 5) is 30.2. The van der Waals surface area contributed by atoms with E-state index in [4.69, 9.17) is 4.74 Å². The van der Waals surface area contributed by atoms with Gasteiger partial charge in [0.2, 0.25) is 11.8 Å². The number of fused-ring (bicyclic) bond motifs is 1. The first-order valence-electron chi connectivity index (χ1n) is 10.1. The number of para-hydroxylation sites is 1. The van der Waals surface area contributed by atoms with E-state index in [1.165, 1.54) is 0 Å². The van der Waals surface area contributed by atoms with Gasteiger partial charge in [-0.05, 0) is 18.9 Å². The highest BCUT2D eigenvalue weighted by atomic mass is 16.5. The molecule has 2 aliphatic rings. The number of hydrogen-bond acceptors (Lipinski definition) is 4. The minimum absolute atomic E-state index is 0.0853. The average molecular weight is 373 g/mol. The maximum atomic E-state index is 12.8. The van der Waals surface area contributed by atoms with Gasteiger partial charge in [0, 0.05) is 51.8 Å². The monoisotopic (exact) mass is 373 g/mol. The summed E-state index contributed by atoms with van der Waals surface area (Å²) >= 11 is 0. The maximum Gasteiger partial charge on any atom is 0.236 e. The molecule has 2 heterocycles. The molecular weight excluding hydrogens is 342 g/mol. The van der Waals surface area contributed by atoms with Crippen LogP contribution in [0.2, 0.25) is 0 Å². The third kappa shape index (κ3) is 5.22. The summed E-state index contributed by atoms with van der Waals surface area (Å²) in [7, 11) is 0. The molecule has 1 aromatic rings. The highest BCUT2D eigenvalue weighted by Crippen LogP contribution is 2.26. The molecule has 0 saturated carbocycles. The van der Waals surface area contributed by atoms with Gasteiger partial charge in [0.15, 0.2) is 0 Å². The molecule has 1 aromatic carbocycles. The Labute approximate surface area is 162 Å². The predicted octanol–water partition coefficient (Wildman–Crippen LogP) is 2.13. The van der Waals surface area contributed by atoms with Crippen LogP contribution in [0.25, 0.3) is 0 Å². The Morgan fingerprint density at radius 2 is 1.81 bits per heavy atom. The number of piperazine rings is 1. The van der Waals surface area contributed by atoms with Crippen molar-refractivity contribution in [2.45, 2.75) is 45.8 Å². The van der Waals surface area contributed by atoms with Gasteiger partial charge >= 0.3 is 0 Å². The van der Waals surface area contributed by atoms with Crippen molar-refractivity contribution in [3.05, 3.63) is 29.8 Å². The van der Waals surface area contributed by atoms with E-state index in [-0.39, 0.29) is 17.9 Å². The number of carbonyl (C=O) groups excluding carboxylic acids is 2. The van der Waals surface area contributed by atoms with Gasteiger partial charge in [-0.1, -0.05) is 31.5 Å². The van der Waals surface area contributed by atoms with E-state index in [1.54, 1.807) is 11.8 Å². The lowest BCUT2D eigenvalue weighted by Gasteiger charge is -2.35. The molecule has 0 unspecified atom stereocenters. The summed E-state index contributed by atoms with van der Waals surface area (Å²) in [5.41, 5.74) is 1.14. The van der Waals surface area contributed by atoms with Gasteiger partial charge in [0.25, 0.3) is 0 Å². The Hall–Kier alpha value is -2.08. The molecule has 148 valence electrons. The van der Waals surface area contributed by atoms with Crippen molar-refractivity contribution in [3.63, 3.8) is 0 Å². The maximum absolute atomic E-state index is 12.8. The number of hydrogen-bond donors (Lipinski definition) is 0. The molecule has 0 bridgehead atoms. The van der Waals surface area contributed by atoms with E-state index in [2.05, 4.69) is 17.9 Å². The molecule has 3 rings (SSSR count). The number of benzene rings is 1. The molecule has 1 saturated heterocycles. The zero-order chi connectivity index (χ0) is 19.2. The first-order valence-corrected chi connectivity index (χ1v) is 10.1. The van der Waals surface area contributed by atoms with Gasteiger partial charge in [-0.25, -0.2) is 0 Å². The third-order valence-electron chi connectivity index (χ3n) is 5.44. The molecule has 0 spiro atoms. The lowest BCUT2D eigenvalue weighted by molar-refractivity contribution is -0.139. The van der Waals surface area contributed by atoms with Gasteiger partial charge in [-0.2, -0.15) is 0 Å². The second kappa shape index (κ2) is 9.22. The van der Waals surface area contributed by atoms with Crippen LogP contribution in [0.5, 0.6) is 5.75 Å². The van der Waals surface area contributed by atoms with Crippen LogP contribution in [-0.2, 0) is 16.1 Å². The first kappa shape index (κ1) is 19.7.